The molecule has 37 heavy (non-hydrogen) atoms. The number of para-hydroxylation sites is 1. The molecule has 0 fully saturated rings. The van der Waals surface area contributed by atoms with Crippen LogP contribution >= 0.6 is 11.8 Å². The molecular weight excluding hydrogens is 494 g/mol. The van der Waals surface area contributed by atoms with E-state index in [1.807, 2.05) is 6.07 Å². The molecule has 2 amide bonds. The Balaban J connectivity index is 1.54. The summed E-state index contributed by atoms with van der Waals surface area (Å²) in [4.78, 5) is 36.1. The number of thioether (sulfide) groups is 1. The van der Waals surface area contributed by atoms with Crippen molar-refractivity contribution < 1.29 is 18.9 Å². The van der Waals surface area contributed by atoms with E-state index in [1.165, 1.54) is 30.5 Å². The number of furan rings is 1. The molecule has 4 rings (SSSR count). The first-order chi connectivity index (χ1) is 17.9. The van der Waals surface area contributed by atoms with Gasteiger partial charge in [0.05, 0.1) is 45.1 Å². The van der Waals surface area contributed by atoms with Crippen LogP contribution in [-0.4, -0.2) is 22.5 Å². The molecule has 1 atom stereocenters. The summed E-state index contributed by atoms with van der Waals surface area (Å²) in [6, 6.07) is 20.0. The largest absolute Gasteiger partial charge is 0.468 e. The molecule has 10 nitrogen and oxygen atoms in total. The summed E-state index contributed by atoms with van der Waals surface area (Å²) in [5.41, 5.74) is 2.03. The molecular formula is C26H21N5O5S. The fourth-order valence-electron chi connectivity index (χ4n) is 3.79. The molecule has 0 bridgehead atoms. The fraction of sp³-hybridized carbons (Fsp3) is 0.115. The zero-order valence-electron chi connectivity index (χ0n) is 19.6. The molecule has 1 aromatic heterocycles. The minimum atomic E-state index is -0.773. The first-order valence-corrected chi connectivity index (χ1v) is 12.0. The monoisotopic (exact) mass is 515 g/mol. The van der Waals surface area contributed by atoms with E-state index in [2.05, 4.69) is 22.0 Å². The van der Waals surface area contributed by atoms with Gasteiger partial charge in [0.2, 0.25) is 5.91 Å². The lowest BCUT2D eigenvalue weighted by atomic mass is 9.85. The molecule has 2 aromatic carbocycles. The van der Waals surface area contributed by atoms with Crippen LogP contribution in [0.1, 0.15) is 18.6 Å². The number of non-ortho nitro benzene ring substituents is 1. The quantitative estimate of drug-likeness (QED) is 0.283. The molecule has 0 aliphatic carbocycles. The van der Waals surface area contributed by atoms with Gasteiger partial charge in [0.1, 0.15) is 5.76 Å². The van der Waals surface area contributed by atoms with E-state index in [4.69, 9.17) is 4.42 Å². The van der Waals surface area contributed by atoms with Gasteiger partial charge in [-0.15, -0.1) is 0 Å². The minimum absolute atomic E-state index is 0.0474. The second kappa shape index (κ2) is 11.3. The van der Waals surface area contributed by atoms with Gasteiger partial charge in [-0.2, -0.15) is 5.26 Å². The number of benzene rings is 2. The fourth-order valence-corrected chi connectivity index (χ4v) is 4.68. The van der Waals surface area contributed by atoms with Gasteiger partial charge in [0.15, 0.2) is 0 Å². The lowest BCUT2D eigenvalue weighted by molar-refractivity contribution is -0.384. The summed E-state index contributed by atoms with van der Waals surface area (Å²) < 4.78 is 5.60. The standard InChI is InChI=1S/C26H21N5O5S/c1-16-23(25(33)30-17-6-3-2-4-7-17)24(21-8-5-13-36-21)20(14-27)26(28-16)37-15-22(32)29-18-9-11-19(12-10-18)31(34)35/h2-13,24,28H,15H2,1H3,(H,29,32)(H,30,33)/t24-/m0/s1. The SMILES string of the molecule is CC1=C(C(=O)Nc2ccccc2)[C@H](c2ccco2)C(C#N)=C(SCC(=O)Nc2ccc([N+](=O)[O-])cc2)N1. The number of nitrogens with zero attached hydrogens (tertiary/aromatic N) is 2. The highest BCUT2D eigenvalue weighted by Crippen LogP contribution is 2.41. The highest BCUT2D eigenvalue weighted by Gasteiger charge is 2.36. The van der Waals surface area contributed by atoms with Gasteiger partial charge in [-0.25, -0.2) is 0 Å². The summed E-state index contributed by atoms with van der Waals surface area (Å²) in [6.45, 7) is 1.72. The maximum absolute atomic E-state index is 13.3. The van der Waals surface area contributed by atoms with E-state index in [9.17, 15) is 25.0 Å². The number of nitro groups is 1. The van der Waals surface area contributed by atoms with Crippen molar-refractivity contribution in [1.29, 1.82) is 5.26 Å². The predicted octanol–water partition coefficient (Wildman–Crippen LogP) is 4.89. The molecule has 3 N–H and O–H groups in total. The number of amides is 2. The average Bonchev–Trinajstić information content (AvgIpc) is 3.42. The van der Waals surface area contributed by atoms with Crippen molar-refractivity contribution in [3.8, 4) is 6.07 Å². The molecule has 1 aliphatic heterocycles. The second-order valence-corrected chi connectivity index (χ2v) is 8.91. The Morgan fingerprint density at radius 2 is 1.78 bits per heavy atom. The predicted molar refractivity (Wildman–Crippen MR) is 139 cm³/mol. The van der Waals surface area contributed by atoms with Crippen LogP contribution in [-0.2, 0) is 9.59 Å². The maximum atomic E-state index is 13.3. The van der Waals surface area contributed by atoms with Gasteiger partial charge in [-0.3, -0.25) is 19.7 Å². The number of nitro benzene ring substituents is 1. The lowest BCUT2D eigenvalue weighted by Crippen LogP contribution is -2.31. The summed E-state index contributed by atoms with van der Waals surface area (Å²) in [5, 5.41) is 29.9. The minimum Gasteiger partial charge on any atom is -0.468 e. The zero-order valence-corrected chi connectivity index (χ0v) is 20.4. The molecule has 2 heterocycles. The molecule has 0 saturated heterocycles. The Morgan fingerprint density at radius 1 is 1.08 bits per heavy atom. The lowest BCUT2D eigenvalue weighted by Gasteiger charge is -2.28. The topological polar surface area (TPSA) is 150 Å². The van der Waals surface area contributed by atoms with E-state index in [0.717, 1.165) is 11.8 Å². The van der Waals surface area contributed by atoms with Crippen LogP contribution in [0, 0.1) is 21.4 Å². The van der Waals surface area contributed by atoms with E-state index in [0.29, 0.717) is 33.4 Å². The second-order valence-electron chi connectivity index (χ2n) is 7.93. The van der Waals surface area contributed by atoms with Gasteiger partial charge < -0.3 is 20.4 Å². The van der Waals surface area contributed by atoms with Crippen molar-refractivity contribution in [3.63, 3.8) is 0 Å². The number of nitriles is 1. The third-order valence-electron chi connectivity index (χ3n) is 5.46. The first kappa shape index (κ1) is 25.3. The van der Waals surface area contributed by atoms with Crippen LogP contribution in [0.15, 0.2) is 99.3 Å². The molecule has 0 saturated carbocycles. The van der Waals surface area contributed by atoms with E-state index < -0.39 is 10.8 Å². The van der Waals surface area contributed by atoms with Crippen molar-refractivity contribution in [2.45, 2.75) is 12.8 Å². The Kier molecular flexibility index (Phi) is 7.71. The smallest absolute Gasteiger partial charge is 0.269 e. The normalized spacial score (nSPS) is 15.0. The van der Waals surface area contributed by atoms with Gasteiger partial charge >= 0.3 is 0 Å². The number of hydrogen-bond donors (Lipinski definition) is 3. The molecule has 3 aromatic rings. The van der Waals surface area contributed by atoms with Gasteiger partial charge in [-0.05, 0) is 43.3 Å². The van der Waals surface area contributed by atoms with Crippen molar-refractivity contribution in [3.05, 3.63) is 111 Å². The van der Waals surface area contributed by atoms with E-state index in [-0.39, 0.29) is 28.8 Å². The van der Waals surface area contributed by atoms with Gasteiger partial charge in [0, 0.05) is 29.2 Å². The summed E-state index contributed by atoms with van der Waals surface area (Å²) in [6.07, 6.45) is 1.47. The van der Waals surface area contributed by atoms with E-state index in [1.54, 1.807) is 43.3 Å². The van der Waals surface area contributed by atoms with Crippen molar-refractivity contribution >= 4 is 40.6 Å². The highest BCUT2D eigenvalue weighted by atomic mass is 32.2. The summed E-state index contributed by atoms with van der Waals surface area (Å²) in [7, 11) is 0. The van der Waals surface area contributed by atoms with Crippen molar-refractivity contribution in [2.24, 2.45) is 0 Å². The van der Waals surface area contributed by atoms with Crippen LogP contribution in [0.2, 0.25) is 0 Å². The number of nitrogens with one attached hydrogen (secondary N) is 3. The van der Waals surface area contributed by atoms with E-state index >= 15 is 0 Å². The van der Waals surface area contributed by atoms with Gasteiger partial charge in [0.25, 0.3) is 11.6 Å². The van der Waals surface area contributed by atoms with Crippen molar-refractivity contribution in [2.75, 3.05) is 16.4 Å². The Labute approximate surface area is 216 Å². The molecule has 1 aliphatic rings. The highest BCUT2D eigenvalue weighted by molar-refractivity contribution is 8.03. The molecule has 0 radical (unpaired) electrons. The first-order valence-electron chi connectivity index (χ1n) is 11.1. The Bertz CT molecular complexity index is 1420. The molecule has 186 valence electrons. The van der Waals surface area contributed by atoms with Crippen LogP contribution < -0.4 is 16.0 Å². The van der Waals surface area contributed by atoms with Crippen LogP contribution in [0.25, 0.3) is 0 Å². The Hall–Kier alpha value is -4.82. The average molecular weight is 516 g/mol. The number of rotatable bonds is 8. The summed E-state index contributed by atoms with van der Waals surface area (Å²) in [5.74, 6) is -1.15. The third kappa shape index (κ3) is 5.88. The molecule has 0 spiro atoms. The number of allylic oxidation sites excluding steroid dienone is 2. The van der Waals surface area contributed by atoms with Crippen molar-refractivity contribution in [1.82, 2.24) is 5.32 Å². The van der Waals surface area contributed by atoms with Crippen LogP contribution in [0.3, 0.4) is 0 Å². The molecule has 11 heteroatoms. The number of dihydropyridines is 1. The van der Waals surface area contributed by atoms with Gasteiger partial charge in [-0.1, -0.05) is 30.0 Å². The number of carbonyl (C=O) groups is 2. The zero-order chi connectivity index (χ0) is 26.4. The number of carbonyl (C=O) groups excluding carboxylic acids is 2. The number of anilines is 2. The third-order valence-corrected chi connectivity index (χ3v) is 6.48. The number of hydrogen-bond acceptors (Lipinski definition) is 8. The Morgan fingerprint density at radius 3 is 2.41 bits per heavy atom. The van der Waals surface area contributed by atoms with Crippen LogP contribution in [0.5, 0.6) is 0 Å². The summed E-state index contributed by atoms with van der Waals surface area (Å²) >= 11 is 1.11. The maximum Gasteiger partial charge on any atom is 0.269 e. The van der Waals surface area contributed by atoms with Crippen LogP contribution in [0.4, 0.5) is 17.1 Å². The molecule has 0 unspecified atom stereocenters.